The van der Waals surface area contributed by atoms with Gasteiger partial charge in [0.15, 0.2) is 0 Å². The van der Waals surface area contributed by atoms with Gasteiger partial charge in [-0.1, -0.05) is 13.8 Å². The Morgan fingerprint density at radius 2 is 2.22 bits per heavy atom. The molecule has 0 aliphatic rings. The summed E-state index contributed by atoms with van der Waals surface area (Å²) in [5, 5.41) is 16.7. The van der Waals surface area contributed by atoms with E-state index in [-0.39, 0.29) is 6.61 Å². The molecule has 0 saturated carbocycles. The molecule has 1 unspecified atom stereocenters. The lowest BCUT2D eigenvalue weighted by atomic mass is 10.1. The Morgan fingerprint density at radius 3 is 2.78 bits per heavy atom. The second kappa shape index (κ2) is 7.38. The average Bonchev–Trinajstić information content (AvgIpc) is 2.65. The summed E-state index contributed by atoms with van der Waals surface area (Å²) in [5.41, 5.74) is 2.22. The van der Waals surface area contributed by atoms with Crippen LogP contribution in [0.3, 0.4) is 0 Å². The van der Waals surface area contributed by atoms with E-state index in [0.717, 1.165) is 43.1 Å². The molecule has 0 bridgehead atoms. The van der Waals surface area contributed by atoms with Crippen molar-refractivity contribution in [2.45, 2.75) is 33.2 Å². The van der Waals surface area contributed by atoms with Gasteiger partial charge in [-0.05, 0) is 25.3 Å². The van der Waals surface area contributed by atoms with E-state index in [1.54, 1.807) is 11.8 Å². The van der Waals surface area contributed by atoms with Gasteiger partial charge >= 0.3 is 0 Å². The minimum absolute atomic E-state index is 0.249. The van der Waals surface area contributed by atoms with Crippen LogP contribution in [0, 0.1) is 5.92 Å². The number of aliphatic hydroxyl groups is 1. The zero-order valence-electron chi connectivity index (χ0n) is 11.9. The first-order chi connectivity index (χ1) is 8.63. The van der Waals surface area contributed by atoms with Crippen molar-refractivity contribution in [2.24, 2.45) is 13.0 Å². The molecular formula is C13H25N3O2. The number of aromatic nitrogens is 2. The molecule has 1 aromatic rings. The Kier molecular flexibility index (Phi) is 6.15. The molecule has 1 heterocycles. The first-order valence-corrected chi connectivity index (χ1v) is 6.54. The summed E-state index contributed by atoms with van der Waals surface area (Å²) in [5.74, 6) is 1.30. The standard InChI is InChI=1S/C13H25N3O2/c1-5-12-11(13(18-4)16(3)15-12)9-14-8-10(2)6-7-17/h10,14,17H,5-9H2,1-4H3. The fourth-order valence-corrected chi connectivity index (χ4v) is 2.09. The highest BCUT2D eigenvalue weighted by molar-refractivity contribution is 5.31. The molecular weight excluding hydrogens is 230 g/mol. The van der Waals surface area contributed by atoms with Crippen LogP contribution in [0.15, 0.2) is 0 Å². The van der Waals surface area contributed by atoms with E-state index in [1.807, 2.05) is 7.05 Å². The van der Waals surface area contributed by atoms with Crippen molar-refractivity contribution in [3.05, 3.63) is 11.3 Å². The Hall–Kier alpha value is -1.07. The number of rotatable bonds is 8. The SMILES string of the molecule is CCc1nn(C)c(OC)c1CNCC(C)CCO. The Balaban J connectivity index is 2.60. The highest BCUT2D eigenvalue weighted by Crippen LogP contribution is 2.21. The summed E-state index contributed by atoms with van der Waals surface area (Å²) < 4.78 is 7.17. The minimum Gasteiger partial charge on any atom is -0.481 e. The molecule has 104 valence electrons. The molecule has 0 radical (unpaired) electrons. The van der Waals surface area contributed by atoms with E-state index in [1.165, 1.54) is 0 Å². The quantitative estimate of drug-likeness (QED) is 0.730. The van der Waals surface area contributed by atoms with E-state index >= 15 is 0 Å². The Bertz CT molecular complexity index is 363. The zero-order valence-corrected chi connectivity index (χ0v) is 11.9. The predicted molar refractivity (Wildman–Crippen MR) is 71.7 cm³/mol. The van der Waals surface area contributed by atoms with Crippen LogP contribution in [0.1, 0.15) is 31.5 Å². The van der Waals surface area contributed by atoms with Gasteiger partial charge in [0.25, 0.3) is 0 Å². The van der Waals surface area contributed by atoms with Gasteiger partial charge in [0.1, 0.15) is 0 Å². The third kappa shape index (κ3) is 3.71. The molecule has 0 saturated heterocycles. The molecule has 1 atom stereocenters. The molecule has 0 fully saturated rings. The lowest BCUT2D eigenvalue weighted by Gasteiger charge is -2.11. The van der Waals surface area contributed by atoms with Gasteiger partial charge in [-0.25, -0.2) is 4.68 Å². The molecule has 5 heteroatoms. The first kappa shape index (κ1) is 15.0. The van der Waals surface area contributed by atoms with Crippen LogP contribution in [0.25, 0.3) is 0 Å². The number of hydrogen-bond acceptors (Lipinski definition) is 4. The van der Waals surface area contributed by atoms with Gasteiger partial charge in [0.2, 0.25) is 5.88 Å². The maximum atomic E-state index is 8.86. The number of ether oxygens (including phenoxy) is 1. The third-order valence-electron chi connectivity index (χ3n) is 3.12. The Labute approximate surface area is 109 Å². The molecule has 2 N–H and O–H groups in total. The van der Waals surface area contributed by atoms with E-state index in [2.05, 4.69) is 24.3 Å². The summed E-state index contributed by atoms with van der Waals surface area (Å²) in [6, 6.07) is 0. The van der Waals surface area contributed by atoms with Crippen LogP contribution in [0.5, 0.6) is 5.88 Å². The fraction of sp³-hybridized carbons (Fsp3) is 0.769. The van der Waals surface area contributed by atoms with E-state index in [0.29, 0.717) is 5.92 Å². The van der Waals surface area contributed by atoms with Gasteiger partial charge in [-0.15, -0.1) is 0 Å². The third-order valence-corrected chi connectivity index (χ3v) is 3.12. The summed E-state index contributed by atoms with van der Waals surface area (Å²) in [7, 11) is 3.57. The topological polar surface area (TPSA) is 59.3 Å². The molecule has 0 amide bonds. The molecule has 0 aromatic carbocycles. The van der Waals surface area contributed by atoms with Crippen molar-refractivity contribution >= 4 is 0 Å². The second-order valence-electron chi connectivity index (χ2n) is 4.66. The molecule has 0 spiro atoms. The molecule has 1 rings (SSSR count). The van der Waals surface area contributed by atoms with Crippen molar-refractivity contribution in [1.82, 2.24) is 15.1 Å². The molecule has 1 aromatic heterocycles. The van der Waals surface area contributed by atoms with Crippen LogP contribution >= 0.6 is 0 Å². The maximum absolute atomic E-state index is 8.86. The van der Waals surface area contributed by atoms with Crippen molar-refractivity contribution < 1.29 is 9.84 Å². The molecule has 5 nitrogen and oxygen atoms in total. The minimum atomic E-state index is 0.249. The molecule has 0 aliphatic heterocycles. The largest absolute Gasteiger partial charge is 0.481 e. The van der Waals surface area contributed by atoms with Gasteiger partial charge in [0, 0.05) is 20.2 Å². The van der Waals surface area contributed by atoms with Crippen LogP contribution in [0.2, 0.25) is 0 Å². The highest BCUT2D eigenvalue weighted by Gasteiger charge is 2.15. The number of methoxy groups -OCH3 is 1. The normalized spacial score (nSPS) is 12.7. The van der Waals surface area contributed by atoms with E-state index in [9.17, 15) is 0 Å². The van der Waals surface area contributed by atoms with Gasteiger partial charge in [0.05, 0.1) is 18.4 Å². The number of hydrogen-bond donors (Lipinski definition) is 2. The highest BCUT2D eigenvalue weighted by atomic mass is 16.5. The van der Waals surface area contributed by atoms with E-state index < -0.39 is 0 Å². The first-order valence-electron chi connectivity index (χ1n) is 6.54. The molecule has 0 aliphatic carbocycles. The van der Waals surface area contributed by atoms with Crippen molar-refractivity contribution in [3.63, 3.8) is 0 Å². The van der Waals surface area contributed by atoms with Crippen LogP contribution < -0.4 is 10.1 Å². The van der Waals surface area contributed by atoms with Crippen LogP contribution in [-0.2, 0) is 20.0 Å². The number of nitrogens with zero attached hydrogens (tertiary/aromatic N) is 2. The lowest BCUT2D eigenvalue weighted by Crippen LogP contribution is -2.22. The maximum Gasteiger partial charge on any atom is 0.216 e. The van der Waals surface area contributed by atoms with Gasteiger partial charge in [-0.2, -0.15) is 5.10 Å². The summed E-state index contributed by atoms with van der Waals surface area (Å²) in [4.78, 5) is 0. The zero-order chi connectivity index (χ0) is 13.5. The summed E-state index contributed by atoms with van der Waals surface area (Å²) in [6.45, 7) is 6.13. The predicted octanol–water partition coefficient (Wildman–Crippen LogP) is 1.10. The average molecular weight is 255 g/mol. The van der Waals surface area contributed by atoms with Gasteiger partial charge in [-0.3, -0.25) is 0 Å². The number of aryl methyl sites for hydroxylation is 2. The smallest absolute Gasteiger partial charge is 0.216 e. The van der Waals surface area contributed by atoms with Gasteiger partial charge < -0.3 is 15.2 Å². The summed E-state index contributed by atoms with van der Waals surface area (Å²) in [6.07, 6.45) is 1.73. The number of aliphatic hydroxyl groups excluding tert-OH is 1. The van der Waals surface area contributed by atoms with Crippen molar-refractivity contribution in [1.29, 1.82) is 0 Å². The van der Waals surface area contributed by atoms with Crippen molar-refractivity contribution in [2.75, 3.05) is 20.3 Å². The monoisotopic (exact) mass is 255 g/mol. The molecule has 18 heavy (non-hydrogen) atoms. The van der Waals surface area contributed by atoms with Crippen LogP contribution in [0.4, 0.5) is 0 Å². The van der Waals surface area contributed by atoms with Crippen LogP contribution in [-0.4, -0.2) is 35.1 Å². The fourth-order valence-electron chi connectivity index (χ4n) is 2.09. The van der Waals surface area contributed by atoms with Crippen molar-refractivity contribution in [3.8, 4) is 5.88 Å². The number of nitrogens with one attached hydrogen (secondary N) is 1. The second-order valence-corrected chi connectivity index (χ2v) is 4.66. The lowest BCUT2D eigenvalue weighted by molar-refractivity contribution is 0.260. The van der Waals surface area contributed by atoms with E-state index in [4.69, 9.17) is 9.84 Å². The Morgan fingerprint density at radius 1 is 1.50 bits per heavy atom. The summed E-state index contributed by atoms with van der Waals surface area (Å²) >= 11 is 0.